The molecule has 9 heteroatoms. The van der Waals surface area contributed by atoms with Crippen LogP contribution in [-0.4, -0.2) is 47.8 Å². The summed E-state index contributed by atoms with van der Waals surface area (Å²) in [6, 6.07) is -0.882. The number of aliphatic hydroxyl groups excluding tert-OH is 1. The number of nitrogens with two attached hydrogens (primary N) is 1. The van der Waals surface area contributed by atoms with Crippen molar-refractivity contribution in [3.63, 3.8) is 0 Å². The number of aliphatic hydroxyl groups is 1. The molecule has 0 heterocycles. The molecule has 5 N–H and O–H groups in total. The van der Waals surface area contributed by atoms with Gasteiger partial charge in [-0.1, -0.05) is 191 Å². The van der Waals surface area contributed by atoms with Gasteiger partial charge in [-0.25, -0.2) is 4.57 Å². The van der Waals surface area contributed by atoms with Gasteiger partial charge in [0, 0.05) is 13.0 Å². The fraction of sp³-hybridized carbons (Fsp3) is 0.809. The topological polar surface area (TPSA) is 131 Å². The minimum atomic E-state index is -4.35. The highest BCUT2D eigenvalue weighted by atomic mass is 31.2. The molecular formula is C47H89N2O6P. The Morgan fingerprint density at radius 2 is 1.00 bits per heavy atom. The Labute approximate surface area is 345 Å². The first-order chi connectivity index (χ1) is 27.4. The first-order valence-electron chi connectivity index (χ1n) is 23.3. The number of hydrogen-bond acceptors (Lipinski definition) is 6. The Bertz CT molecular complexity index is 1020. The summed E-state index contributed by atoms with van der Waals surface area (Å²) in [7, 11) is -4.35. The van der Waals surface area contributed by atoms with E-state index in [1.165, 1.54) is 135 Å². The Hall–Kier alpha value is -1.54. The molecule has 0 fully saturated rings. The van der Waals surface area contributed by atoms with Gasteiger partial charge in [0.15, 0.2) is 0 Å². The molecule has 0 rings (SSSR count). The van der Waals surface area contributed by atoms with Crippen LogP contribution < -0.4 is 11.1 Å². The van der Waals surface area contributed by atoms with Crippen LogP contribution in [-0.2, 0) is 18.4 Å². The van der Waals surface area contributed by atoms with Gasteiger partial charge in [0.2, 0.25) is 5.91 Å². The highest BCUT2D eigenvalue weighted by Crippen LogP contribution is 2.43. The van der Waals surface area contributed by atoms with Gasteiger partial charge in [0.25, 0.3) is 0 Å². The summed E-state index contributed by atoms with van der Waals surface area (Å²) in [6.07, 6.45) is 53.1. The number of carbonyl (C=O) groups is 1. The van der Waals surface area contributed by atoms with E-state index >= 15 is 0 Å². The number of carbonyl (C=O) groups excluding carboxylic acids is 1. The van der Waals surface area contributed by atoms with E-state index in [0.29, 0.717) is 6.42 Å². The lowest BCUT2D eigenvalue weighted by Gasteiger charge is -2.23. The van der Waals surface area contributed by atoms with Crippen molar-refractivity contribution < 1.29 is 28.4 Å². The van der Waals surface area contributed by atoms with Crippen molar-refractivity contribution in [1.82, 2.24) is 5.32 Å². The maximum Gasteiger partial charge on any atom is 0.472 e. The van der Waals surface area contributed by atoms with Crippen molar-refractivity contribution in [2.45, 2.75) is 225 Å². The average molecular weight is 809 g/mol. The summed E-state index contributed by atoms with van der Waals surface area (Å²) in [4.78, 5) is 22.7. The molecule has 0 aromatic heterocycles. The summed E-state index contributed by atoms with van der Waals surface area (Å²) >= 11 is 0. The molecule has 0 aliphatic rings. The molecule has 0 aliphatic carbocycles. The first-order valence-corrected chi connectivity index (χ1v) is 24.8. The number of nitrogens with one attached hydrogen (secondary N) is 1. The van der Waals surface area contributed by atoms with E-state index in [-0.39, 0.29) is 25.7 Å². The second-order valence-electron chi connectivity index (χ2n) is 15.6. The normalized spacial score (nSPS) is 14.4. The molecule has 56 heavy (non-hydrogen) atoms. The van der Waals surface area contributed by atoms with Crippen LogP contribution in [0.5, 0.6) is 0 Å². The van der Waals surface area contributed by atoms with Crippen LogP contribution in [0.3, 0.4) is 0 Å². The summed E-state index contributed by atoms with van der Waals surface area (Å²) in [5.74, 6) is -0.212. The van der Waals surface area contributed by atoms with Crippen LogP contribution in [0, 0.1) is 0 Å². The van der Waals surface area contributed by atoms with E-state index < -0.39 is 20.0 Å². The standard InChI is InChI=1S/C47H89N2O6P/c1-3-5-7-9-11-13-15-17-19-21-22-23-25-26-28-30-32-34-36-38-40-46(50)45(44-55-56(52,53)54-43-42-48)49-47(51)41-39-37-35-33-31-29-27-24-20-18-16-14-12-10-8-6-4-2/h12,14,18,20,30,32,38,40,45-46,50H,3-11,13,15-17,19,21-29,31,33-37,39,41-44,48H2,1-2H3,(H,49,51)(H,52,53)/b14-12-,20-18-,32-30+,40-38+. The number of phosphoric ester groups is 1. The van der Waals surface area contributed by atoms with Crippen LogP contribution in [0.1, 0.15) is 213 Å². The van der Waals surface area contributed by atoms with Gasteiger partial charge in [-0.15, -0.1) is 0 Å². The highest BCUT2D eigenvalue weighted by Gasteiger charge is 2.26. The summed E-state index contributed by atoms with van der Waals surface area (Å²) in [5, 5.41) is 13.7. The van der Waals surface area contributed by atoms with Gasteiger partial charge in [0.1, 0.15) is 0 Å². The quantitative estimate of drug-likeness (QED) is 0.0274. The number of phosphoric acid groups is 1. The maximum atomic E-state index is 12.8. The van der Waals surface area contributed by atoms with Gasteiger partial charge in [0.05, 0.1) is 25.4 Å². The summed E-state index contributed by atoms with van der Waals surface area (Å²) in [5.41, 5.74) is 5.38. The molecule has 0 radical (unpaired) electrons. The predicted octanol–water partition coefficient (Wildman–Crippen LogP) is 13.3. The number of unbranched alkanes of at least 4 members (excludes halogenated alkanes) is 25. The Morgan fingerprint density at radius 1 is 0.589 bits per heavy atom. The van der Waals surface area contributed by atoms with Crippen LogP contribution in [0.4, 0.5) is 0 Å². The van der Waals surface area contributed by atoms with E-state index in [0.717, 1.165) is 57.8 Å². The number of allylic oxidation sites excluding steroid dienone is 7. The highest BCUT2D eigenvalue weighted by molar-refractivity contribution is 7.47. The predicted molar refractivity (Wildman–Crippen MR) is 240 cm³/mol. The van der Waals surface area contributed by atoms with Gasteiger partial charge in [-0.3, -0.25) is 13.8 Å². The second kappa shape index (κ2) is 43.0. The molecule has 0 aromatic carbocycles. The molecule has 0 aliphatic heterocycles. The van der Waals surface area contributed by atoms with Crippen LogP contribution in [0.2, 0.25) is 0 Å². The van der Waals surface area contributed by atoms with E-state index in [1.54, 1.807) is 6.08 Å². The molecule has 0 saturated heterocycles. The zero-order valence-corrected chi connectivity index (χ0v) is 37.3. The van der Waals surface area contributed by atoms with E-state index in [2.05, 4.69) is 55.6 Å². The molecule has 3 atom stereocenters. The van der Waals surface area contributed by atoms with Gasteiger partial charge < -0.3 is 21.1 Å². The number of rotatable bonds is 43. The molecule has 8 nitrogen and oxygen atoms in total. The Kier molecular flexibility index (Phi) is 41.9. The lowest BCUT2D eigenvalue weighted by molar-refractivity contribution is -0.123. The van der Waals surface area contributed by atoms with Crippen LogP contribution >= 0.6 is 7.82 Å². The van der Waals surface area contributed by atoms with E-state index in [9.17, 15) is 19.4 Å². The third-order valence-corrected chi connectivity index (χ3v) is 11.1. The zero-order valence-electron chi connectivity index (χ0n) is 36.4. The molecular weight excluding hydrogens is 719 g/mol. The SMILES string of the molecule is CCCCC/C=C\C/C=C\CCCCCCCCCC(=O)NC(COP(=O)(O)OCCN)C(O)/C=C/CC/C=C/CCCCCCCCCCCCCCCC. The fourth-order valence-corrected chi connectivity index (χ4v) is 7.35. The average Bonchev–Trinajstić information content (AvgIpc) is 3.19. The van der Waals surface area contributed by atoms with Crippen molar-refractivity contribution in [3.8, 4) is 0 Å². The Balaban J connectivity index is 4.23. The molecule has 0 bridgehead atoms. The van der Waals surface area contributed by atoms with Gasteiger partial charge in [-0.05, 0) is 64.2 Å². The van der Waals surface area contributed by atoms with E-state index in [1.807, 2.05) is 6.08 Å². The molecule has 1 amide bonds. The second-order valence-corrected chi connectivity index (χ2v) is 17.1. The third-order valence-electron chi connectivity index (χ3n) is 10.1. The maximum absolute atomic E-state index is 12.8. The smallest absolute Gasteiger partial charge is 0.387 e. The number of amides is 1. The van der Waals surface area contributed by atoms with Crippen LogP contribution in [0.15, 0.2) is 48.6 Å². The molecule has 0 spiro atoms. The first kappa shape index (κ1) is 54.5. The molecule has 3 unspecified atom stereocenters. The molecule has 0 saturated carbocycles. The molecule has 0 aromatic rings. The van der Waals surface area contributed by atoms with Crippen molar-refractivity contribution in [2.75, 3.05) is 19.8 Å². The van der Waals surface area contributed by atoms with Gasteiger partial charge >= 0.3 is 7.82 Å². The lowest BCUT2D eigenvalue weighted by atomic mass is 10.0. The van der Waals surface area contributed by atoms with Crippen molar-refractivity contribution in [3.05, 3.63) is 48.6 Å². The minimum Gasteiger partial charge on any atom is -0.387 e. The largest absolute Gasteiger partial charge is 0.472 e. The van der Waals surface area contributed by atoms with E-state index in [4.69, 9.17) is 14.8 Å². The summed E-state index contributed by atoms with van der Waals surface area (Å²) in [6.45, 7) is 4.09. The zero-order chi connectivity index (χ0) is 41.1. The van der Waals surface area contributed by atoms with Crippen LogP contribution in [0.25, 0.3) is 0 Å². The summed E-state index contributed by atoms with van der Waals surface area (Å²) < 4.78 is 22.1. The lowest BCUT2D eigenvalue weighted by Crippen LogP contribution is -2.45. The van der Waals surface area contributed by atoms with Crippen molar-refractivity contribution in [1.29, 1.82) is 0 Å². The monoisotopic (exact) mass is 809 g/mol. The fourth-order valence-electron chi connectivity index (χ4n) is 6.59. The Morgan fingerprint density at radius 3 is 1.52 bits per heavy atom. The molecule has 328 valence electrons. The van der Waals surface area contributed by atoms with Crippen molar-refractivity contribution >= 4 is 13.7 Å². The number of hydrogen-bond donors (Lipinski definition) is 4. The third kappa shape index (κ3) is 40.6. The van der Waals surface area contributed by atoms with Crippen molar-refractivity contribution in [2.24, 2.45) is 5.73 Å². The van der Waals surface area contributed by atoms with Gasteiger partial charge in [-0.2, -0.15) is 0 Å². The minimum absolute atomic E-state index is 0.0715.